The van der Waals surface area contributed by atoms with E-state index in [9.17, 15) is 0 Å². The van der Waals surface area contributed by atoms with Crippen molar-refractivity contribution in [1.29, 1.82) is 0 Å². The van der Waals surface area contributed by atoms with E-state index in [1.807, 2.05) is 14.0 Å². The first-order valence-corrected chi connectivity index (χ1v) is 4.22. The Kier molecular flexibility index (Phi) is 2.55. The van der Waals surface area contributed by atoms with Gasteiger partial charge >= 0.3 is 0 Å². The van der Waals surface area contributed by atoms with Crippen molar-refractivity contribution >= 4 is 11.6 Å². The Morgan fingerprint density at radius 1 is 1.55 bits per heavy atom. The molecule has 0 saturated heterocycles. The minimum atomic E-state index is 0.782. The Labute approximate surface area is 72.2 Å². The molecule has 0 aliphatic carbocycles. The van der Waals surface area contributed by atoms with Gasteiger partial charge in [-0.2, -0.15) is 5.10 Å². The van der Waals surface area contributed by atoms with E-state index in [4.69, 9.17) is 11.6 Å². The second kappa shape index (κ2) is 3.26. The van der Waals surface area contributed by atoms with Gasteiger partial charge < -0.3 is 0 Å². The van der Waals surface area contributed by atoms with Gasteiger partial charge in [-0.1, -0.05) is 24.9 Å². The molecule has 3 heteroatoms. The van der Waals surface area contributed by atoms with Gasteiger partial charge in [-0.25, -0.2) is 0 Å². The number of hydrogen-bond donors (Lipinski definition) is 0. The Hall–Kier alpha value is -0.500. The molecule has 0 aliphatic heterocycles. The molecule has 1 aromatic rings. The van der Waals surface area contributed by atoms with E-state index in [0.717, 1.165) is 23.7 Å². The van der Waals surface area contributed by atoms with Gasteiger partial charge in [0.05, 0.1) is 5.69 Å². The highest BCUT2D eigenvalue weighted by Crippen LogP contribution is 2.19. The van der Waals surface area contributed by atoms with Crippen LogP contribution < -0.4 is 0 Å². The molecule has 11 heavy (non-hydrogen) atoms. The summed E-state index contributed by atoms with van der Waals surface area (Å²) < 4.78 is 1.72. The van der Waals surface area contributed by atoms with Gasteiger partial charge in [-0.3, -0.25) is 4.68 Å². The van der Waals surface area contributed by atoms with Crippen molar-refractivity contribution < 1.29 is 0 Å². The van der Waals surface area contributed by atoms with Crippen molar-refractivity contribution in [3.8, 4) is 0 Å². The normalized spacial score (nSPS) is 10.5. The summed E-state index contributed by atoms with van der Waals surface area (Å²) in [6, 6.07) is 0. The van der Waals surface area contributed by atoms with Gasteiger partial charge in [0, 0.05) is 12.6 Å². The summed E-state index contributed by atoms with van der Waals surface area (Å²) in [5.74, 6) is 0. The lowest BCUT2D eigenvalue weighted by molar-refractivity contribution is 0.757. The van der Waals surface area contributed by atoms with Gasteiger partial charge in [-0.15, -0.1) is 0 Å². The number of nitrogens with zero attached hydrogens (tertiary/aromatic N) is 2. The average molecular weight is 173 g/mol. The molecular formula is C8H13ClN2. The zero-order valence-corrected chi connectivity index (χ0v) is 7.94. The third-order valence-corrected chi connectivity index (χ3v) is 2.24. The van der Waals surface area contributed by atoms with Crippen molar-refractivity contribution in [3.63, 3.8) is 0 Å². The van der Waals surface area contributed by atoms with Crippen molar-refractivity contribution in [2.45, 2.75) is 26.7 Å². The third kappa shape index (κ3) is 1.56. The summed E-state index contributed by atoms with van der Waals surface area (Å²) in [6.45, 7) is 4.14. The van der Waals surface area contributed by atoms with Gasteiger partial charge in [0.2, 0.25) is 0 Å². The first-order chi connectivity index (χ1) is 5.16. The smallest absolute Gasteiger partial charge is 0.130 e. The Morgan fingerprint density at radius 3 is 2.55 bits per heavy atom. The van der Waals surface area contributed by atoms with Crippen LogP contribution in [-0.4, -0.2) is 9.78 Å². The summed E-state index contributed by atoms with van der Waals surface area (Å²) in [7, 11) is 1.87. The molecule has 1 aromatic heterocycles. The predicted octanol–water partition coefficient (Wildman–Crippen LogP) is 2.33. The first kappa shape index (κ1) is 8.60. The first-order valence-electron chi connectivity index (χ1n) is 3.84. The Bertz CT molecular complexity index is 253. The van der Waals surface area contributed by atoms with Crippen LogP contribution in [0.15, 0.2) is 0 Å². The van der Waals surface area contributed by atoms with Crippen LogP contribution in [0, 0.1) is 6.92 Å². The van der Waals surface area contributed by atoms with Crippen molar-refractivity contribution in [2.24, 2.45) is 7.05 Å². The summed E-state index contributed by atoms with van der Waals surface area (Å²) in [4.78, 5) is 0. The molecule has 62 valence electrons. The van der Waals surface area contributed by atoms with Gasteiger partial charge in [-0.05, 0) is 13.3 Å². The summed E-state index contributed by atoms with van der Waals surface area (Å²) >= 11 is 5.99. The van der Waals surface area contributed by atoms with Crippen LogP contribution in [0.4, 0.5) is 0 Å². The van der Waals surface area contributed by atoms with Gasteiger partial charge in [0.1, 0.15) is 5.15 Å². The standard InChI is InChI=1S/C8H13ClN2/c1-4-5-7-6(2)10-11(3)8(7)9/h4-5H2,1-3H3. The third-order valence-electron chi connectivity index (χ3n) is 1.77. The second-order valence-electron chi connectivity index (χ2n) is 2.73. The second-order valence-corrected chi connectivity index (χ2v) is 3.09. The summed E-state index contributed by atoms with van der Waals surface area (Å²) in [5, 5.41) is 5.00. The zero-order chi connectivity index (χ0) is 8.43. The highest BCUT2D eigenvalue weighted by molar-refractivity contribution is 6.30. The Morgan fingerprint density at radius 2 is 2.18 bits per heavy atom. The molecule has 0 amide bonds. The minimum absolute atomic E-state index is 0.782. The number of halogens is 1. The monoisotopic (exact) mass is 172 g/mol. The molecule has 0 aromatic carbocycles. The molecule has 2 nitrogen and oxygen atoms in total. The van der Waals surface area contributed by atoms with E-state index in [-0.39, 0.29) is 0 Å². The van der Waals surface area contributed by atoms with E-state index in [1.165, 1.54) is 5.56 Å². The van der Waals surface area contributed by atoms with E-state index in [0.29, 0.717) is 0 Å². The molecule has 0 unspecified atom stereocenters. The predicted molar refractivity (Wildman–Crippen MR) is 47.0 cm³/mol. The fraction of sp³-hybridized carbons (Fsp3) is 0.625. The number of aromatic nitrogens is 2. The van der Waals surface area contributed by atoms with E-state index >= 15 is 0 Å². The summed E-state index contributed by atoms with van der Waals surface area (Å²) in [6.07, 6.45) is 2.14. The largest absolute Gasteiger partial charge is 0.257 e. The van der Waals surface area contributed by atoms with Crippen LogP contribution in [0.3, 0.4) is 0 Å². The lowest BCUT2D eigenvalue weighted by atomic mass is 10.1. The lowest BCUT2D eigenvalue weighted by Crippen LogP contribution is -1.89. The lowest BCUT2D eigenvalue weighted by Gasteiger charge is -1.95. The Balaban J connectivity index is 3.02. The zero-order valence-electron chi connectivity index (χ0n) is 7.19. The van der Waals surface area contributed by atoms with Crippen LogP contribution >= 0.6 is 11.6 Å². The van der Waals surface area contributed by atoms with Crippen LogP contribution in [0.5, 0.6) is 0 Å². The van der Waals surface area contributed by atoms with Gasteiger partial charge in [0.15, 0.2) is 0 Å². The molecule has 0 N–H and O–H groups in total. The molecule has 0 bridgehead atoms. The molecule has 0 atom stereocenters. The maximum atomic E-state index is 5.99. The van der Waals surface area contributed by atoms with Crippen molar-refractivity contribution in [3.05, 3.63) is 16.4 Å². The van der Waals surface area contributed by atoms with Crippen LogP contribution in [-0.2, 0) is 13.5 Å². The van der Waals surface area contributed by atoms with Crippen molar-refractivity contribution in [1.82, 2.24) is 9.78 Å². The number of aryl methyl sites for hydroxylation is 2. The topological polar surface area (TPSA) is 17.8 Å². The van der Waals surface area contributed by atoms with E-state index in [2.05, 4.69) is 12.0 Å². The maximum absolute atomic E-state index is 5.99. The van der Waals surface area contributed by atoms with Crippen molar-refractivity contribution in [2.75, 3.05) is 0 Å². The molecule has 0 aliphatic rings. The molecule has 1 heterocycles. The maximum Gasteiger partial charge on any atom is 0.130 e. The SMILES string of the molecule is CCCc1c(C)nn(C)c1Cl. The van der Waals surface area contributed by atoms with E-state index < -0.39 is 0 Å². The van der Waals surface area contributed by atoms with Gasteiger partial charge in [0.25, 0.3) is 0 Å². The van der Waals surface area contributed by atoms with Crippen LogP contribution in [0.2, 0.25) is 5.15 Å². The van der Waals surface area contributed by atoms with E-state index in [1.54, 1.807) is 4.68 Å². The quantitative estimate of drug-likeness (QED) is 0.670. The molecule has 0 radical (unpaired) electrons. The highest BCUT2D eigenvalue weighted by Gasteiger charge is 2.08. The number of rotatable bonds is 2. The average Bonchev–Trinajstić information content (AvgIpc) is 2.17. The fourth-order valence-electron chi connectivity index (χ4n) is 1.21. The van der Waals surface area contributed by atoms with Crippen LogP contribution in [0.25, 0.3) is 0 Å². The number of hydrogen-bond acceptors (Lipinski definition) is 1. The molecule has 0 spiro atoms. The van der Waals surface area contributed by atoms with Crippen LogP contribution in [0.1, 0.15) is 24.6 Å². The minimum Gasteiger partial charge on any atom is -0.257 e. The highest BCUT2D eigenvalue weighted by atomic mass is 35.5. The fourth-order valence-corrected chi connectivity index (χ4v) is 1.48. The summed E-state index contributed by atoms with van der Waals surface area (Å²) in [5.41, 5.74) is 2.25. The molecule has 0 saturated carbocycles. The molecule has 0 fully saturated rings. The molecule has 1 rings (SSSR count). The molecular weight excluding hydrogens is 160 g/mol.